The number of nitrogens with zero attached hydrogens (tertiary/aromatic N) is 3. The highest BCUT2D eigenvalue weighted by Crippen LogP contribution is 2.23. The number of aliphatic hydroxyl groups excluding tert-OH is 1. The van der Waals surface area contributed by atoms with Gasteiger partial charge in [0.05, 0.1) is 6.10 Å². The molecule has 1 saturated heterocycles. The summed E-state index contributed by atoms with van der Waals surface area (Å²) in [7, 11) is 0. The average molecular weight is 211 g/mol. The predicted octanol–water partition coefficient (Wildman–Crippen LogP) is -0.0159. The molecule has 0 aromatic carbocycles. The summed E-state index contributed by atoms with van der Waals surface area (Å²) in [5.41, 5.74) is 5.46. The zero-order chi connectivity index (χ0) is 10.8. The standard InChI is InChI=1S/C9H17N5O/c1-6(15)7-2-4-14(5-3-7)9-11-8(10)12-13-9/h6-7,15H,2-5H2,1H3,(H3,10,11,12,13). The number of hydrogen-bond acceptors (Lipinski definition) is 5. The highest BCUT2D eigenvalue weighted by molar-refractivity contribution is 5.34. The molecule has 1 aliphatic rings. The fourth-order valence-electron chi connectivity index (χ4n) is 1.99. The number of hydrogen-bond donors (Lipinski definition) is 3. The van der Waals surface area contributed by atoms with Gasteiger partial charge >= 0.3 is 0 Å². The topological polar surface area (TPSA) is 91.1 Å². The minimum atomic E-state index is -0.218. The zero-order valence-electron chi connectivity index (χ0n) is 8.85. The van der Waals surface area contributed by atoms with E-state index in [2.05, 4.69) is 20.1 Å². The zero-order valence-corrected chi connectivity index (χ0v) is 8.85. The first kappa shape index (κ1) is 10.2. The Morgan fingerprint density at radius 1 is 1.53 bits per heavy atom. The van der Waals surface area contributed by atoms with Crippen LogP contribution >= 0.6 is 0 Å². The van der Waals surface area contributed by atoms with E-state index in [-0.39, 0.29) is 6.10 Å². The number of nitrogens with two attached hydrogens (primary N) is 1. The van der Waals surface area contributed by atoms with Crippen LogP contribution in [0.15, 0.2) is 0 Å². The van der Waals surface area contributed by atoms with Crippen LogP contribution in [0.4, 0.5) is 11.9 Å². The maximum absolute atomic E-state index is 9.46. The summed E-state index contributed by atoms with van der Waals surface area (Å²) >= 11 is 0. The van der Waals surface area contributed by atoms with E-state index in [1.807, 2.05) is 6.92 Å². The Bertz CT molecular complexity index is 316. The first-order valence-corrected chi connectivity index (χ1v) is 5.27. The normalized spacial score (nSPS) is 20.5. The lowest BCUT2D eigenvalue weighted by Crippen LogP contribution is -2.37. The van der Waals surface area contributed by atoms with Crippen LogP contribution in [0.5, 0.6) is 0 Å². The van der Waals surface area contributed by atoms with Crippen molar-refractivity contribution in [2.75, 3.05) is 23.7 Å². The largest absolute Gasteiger partial charge is 0.393 e. The number of piperidine rings is 1. The third-order valence-corrected chi connectivity index (χ3v) is 3.00. The second-order valence-corrected chi connectivity index (χ2v) is 4.09. The van der Waals surface area contributed by atoms with Crippen molar-refractivity contribution >= 4 is 11.9 Å². The Morgan fingerprint density at radius 3 is 2.67 bits per heavy atom. The number of rotatable bonds is 2. The van der Waals surface area contributed by atoms with Gasteiger partial charge in [-0.2, -0.15) is 4.98 Å². The van der Waals surface area contributed by atoms with Crippen LogP contribution < -0.4 is 10.6 Å². The third-order valence-electron chi connectivity index (χ3n) is 3.00. The Balaban J connectivity index is 1.93. The SMILES string of the molecule is CC(O)C1CCN(c2n[nH]c(N)n2)CC1. The molecule has 2 rings (SSSR count). The van der Waals surface area contributed by atoms with Gasteiger partial charge in [0, 0.05) is 13.1 Å². The number of anilines is 2. The Kier molecular flexibility index (Phi) is 2.77. The first-order chi connectivity index (χ1) is 7.16. The van der Waals surface area contributed by atoms with Crippen LogP contribution in [0.25, 0.3) is 0 Å². The van der Waals surface area contributed by atoms with Crippen molar-refractivity contribution in [2.45, 2.75) is 25.9 Å². The third kappa shape index (κ3) is 2.20. The molecule has 0 aliphatic carbocycles. The number of aromatic amines is 1. The highest BCUT2D eigenvalue weighted by Gasteiger charge is 2.24. The van der Waals surface area contributed by atoms with Gasteiger partial charge in [-0.3, -0.25) is 0 Å². The number of nitrogen functional groups attached to an aromatic ring is 1. The molecule has 1 aromatic rings. The second-order valence-electron chi connectivity index (χ2n) is 4.09. The predicted molar refractivity (Wildman–Crippen MR) is 57.4 cm³/mol. The van der Waals surface area contributed by atoms with Gasteiger partial charge in [0.1, 0.15) is 0 Å². The number of aliphatic hydroxyl groups is 1. The lowest BCUT2D eigenvalue weighted by molar-refractivity contribution is 0.109. The van der Waals surface area contributed by atoms with E-state index in [9.17, 15) is 5.11 Å². The molecule has 1 atom stereocenters. The van der Waals surface area contributed by atoms with E-state index < -0.39 is 0 Å². The highest BCUT2D eigenvalue weighted by atomic mass is 16.3. The van der Waals surface area contributed by atoms with Crippen LogP contribution in [-0.4, -0.2) is 39.5 Å². The van der Waals surface area contributed by atoms with Gasteiger partial charge in [0.25, 0.3) is 0 Å². The molecule has 1 aliphatic heterocycles. The van der Waals surface area contributed by atoms with Gasteiger partial charge < -0.3 is 15.7 Å². The molecule has 84 valence electrons. The van der Waals surface area contributed by atoms with E-state index in [0.717, 1.165) is 25.9 Å². The molecule has 0 amide bonds. The molecule has 0 spiro atoms. The minimum Gasteiger partial charge on any atom is -0.393 e. The minimum absolute atomic E-state index is 0.218. The van der Waals surface area contributed by atoms with Gasteiger partial charge in [-0.05, 0) is 25.7 Å². The lowest BCUT2D eigenvalue weighted by Gasteiger charge is -2.32. The van der Waals surface area contributed by atoms with Crippen molar-refractivity contribution in [3.05, 3.63) is 0 Å². The molecule has 1 aromatic heterocycles. The van der Waals surface area contributed by atoms with Crippen LogP contribution in [-0.2, 0) is 0 Å². The van der Waals surface area contributed by atoms with Crippen molar-refractivity contribution in [3.63, 3.8) is 0 Å². The molecular formula is C9H17N5O. The summed E-state index contributed by atoms with van der Waals surface area (Å²) in [4.78, 5) is 6.17. The fraction of sp³-hybridized carbons (Fsp3) is 0.778. The van der Waals surface area contributed by atoms with Gasteiger partial charge in [0.15, 0.2) is 0 Å². The Labute approximate surface area is 88.5 Å². The van der Waals surface area contributed by atoms with Crippen LogP contribution in [0.3, 0.4) is 0 Å². The van der Waals surface area contributed by atoms with Crippen molar-refractivity contribution < 1.29 is 5.11 Å². The number of H-pyrrole nitrogens is 1. The van der Waals surface area contributed by atoms with Crippen LogP contribution in [0.1, 0.15) is 19.8 Å². The van der Waals surface area contributed by atoms with E-state index in [4.69, 9.17) is 5.73 Å². The Morgan fingerprint density at radius 2 is 2.20 bits per heavy atom. The van der Waals surface area contributed by atoms with Crippen LogP contribution in [0.2, 0.25) is 0 Å². The molecule has 0 bridgehead atoms. The maximum Gasteiger partial charge on any atom is 0.246 e. The fourth-order valence-corrected chi connectivity index (χ4v) is 1.99. The molecule has 15 heavy (non-hydrogen) atoms. The summed E-state index contributed by atoms with van der Waals surface area (Å²) in [6.45, 7) is 3.62. The molecule has 1 fully saturated rings. The molecule has 6 nitrogen and oxygen atoms in total. The van der Waals surface area contributed by atoms with Crippen LogP contribution in [0, 0.1) is 5.92 Å². The summed E-state index contributed by atoms with van der Waals surface area (Å²) in [6.07, 6.45) is 1.74. The second kappa shape index (κ2) is 4.06. The first-order valence-electron chi connectivity index (χ1n) is 5.27. The maximum atomic E-state index is 9.46. The average Bonchev–Trinajstić information content (AvgIpc) is 2.65. The summed E-state index contributed by atoms with van der Waals surface area (Å²) in [5.74, 6) is 1.41. The number of aromatic nitrogens is 3. The van der Waals surface area contributed by atoms with Gasteiger partial charge in [-0.1, -0.05) is 0 Å². The quantitative estimate of drug-likeness (QED) is 0.639. The van der Waals surface area contributed by atoms with Crippen molar-refractivity contribution in [1.82, 2.24) is 15.2 Å². The lowest BCUT2D eigenvalue weighted by atomic mass is 9.92. The van der Waals surface area contributed by atoms with E-state index >= 15 is 0 Å². The van der Waals surface area contributed by atoms with Gasteiger partial charge in [-0.25, -0.2) is 5.10 Å². The smallest absolute Gasteiger partial charge is 0.246 e. The molecule has 6 heteroatoms. The van der Waals surface area contributed by atoms with E-state index in [0.29, 0.717) is 17.8 Å². The van der Waals surface area contributed by atoms with E-state index in [1.54, 1.807) is 0 Å². The van der Waals surface area contributed by atoms with Gasteiger partial charge in [0.2, 0.25) is 11.9 Å². The molecule has 4 N–H and O–H groups in total. The monoisotopic (exact) mass is 211 g/mol. The van der Waals surface area contributed by atoms with Crippen molar-refractivity contribution in [2.24, 2.45) is 5.92 Å². The summed E-state index contributed by atoms with van der Waals surface area (Å²) in [6, 6.07) is 0. The Hall–Kier alpha value is -1.30. The molecule has 0 radical (unpaired) electrons. The van der Waals surface area contributed by atoms with Crippen molar-refractivity contribution in [3.8, 4) is 0 Å². The molecular weight excluding hydrogens is 194 g/mol. The number of nitrogens with one attached hydrogen (secondary N) is 1. The van der Waals surface area contributed by atoms with E-state index in [1.165, 1.54) is 0 Å². The van der Waals surface area contributed by atoms with Gasteiger partial charge in [-0.15, -0.1) is 5.10 Å². The molecule has 0 saturated carbocycles. The molecule has 2 heterocycles. The summed E-state index contributed by atoms with van der Waals surface area (Å²) < 4.78 is 0. The van der Waals surface area contributed by atoms with Crippen molar-refractivity contribution in [1.29, 1.82) is 0 Å². The summed E-state index contributed by atoms with van der Waals surface area (Å²) in [5, 5.41) is 16.1. The molecule has 1 unspecified atom stereocenters.